The molecule has 0 saturated heterocycles. The normalized spacial score (nSPS) is 16.3. The number of ether oxygens (including phenoxy) is 1. The number of thioether (sulfide) groups is 1. The van der Waals surface area contributed by atoms with Gasteiger partial charge in [-0.3, -0.25) is 14.4 Å². The Labute approximate surface area is 231 Å². The smallest absolute Gasteiger partial charge is 0.341 e. The van der Waals surface area contributed by atoms with E-state index in [9.17, 15) is 19.2 Å². The quantitative estimate of drug-likeness (QED) is 0.330. The number of esters is 1. The zero-order valence-corrected chi connectivity index (χ0v) is 23.8. The highest BCUT2D eigenvalue weighted by atomic mass is 32.2. The van der Waals surface area contributed by atoms with Crippen LogP contribution in [0, 0.1) is 5.92 Å². The highest BCUT2D eigenvalue weighted by molar-refractivity contribution is 8.00. The van der Waals surface area contributed by atoms with Gasteiger partial charge in [0.2, 0.25) is 17.7 Å². The molecule has 3 amide bonds. The molecular weight excluding hydrogens is 522 g/mol. The Bertz CT molecular complexity index is 1210. The zero-order valence-electron chi connectivity index (χ0n) is 22.1. The average Bonchev–Trinajstić information content (AvgIpc) is 3.28. The van der Waals surface area contributed by atoms with E-state index in [4.69, 9.17) is 4.74 Å². The van der Waals surface area contributed by atoms with Gasteiger partial charge in [0.05, 0.1) is 24.5 Å². The summed E-state index contributed by atoms with van der Waals surface area (Å²) >= 11 is 2.75. The SMILES string of the molecule is CCC(Sc1cccc(NC(=O)C2CCCCC2)c1)C(=O)Nc1sc2c(c1C(=O)OC)CCN(C(C)=O)C2. The Kier molecular flexibility index (Phi) is 9.49. The van der Waals surface area contributed by atoms with E-state index in [1.54, 1.807) is 4.90 Å². The number of carbonyl (C=O) groups excluding carboxylic acids is 4. The largest absolute Gasteiger partial charge is 0.465 e. The molecule has 8 nitrogen and oxygen atoms in total. The average molecular weight is 558 g/mol. The van der Waals surface area contributed by atoms with Crippen LogP contribution in [0.4, 0.5) is 10.7 Å². The third kappa shape index (κ3) is 6.58. The van der Waals surface area contributed by atoms with Crippen molar-refractivity contribution in [3.63, 3.8) is 0 Å². The number of anilines is 2. The van der Waals surface area contributed by atoms with E-state index in [-0.39, 0.29) is 23.6 Å². The first kappa shape index (κ1) is 28.2. The monoisotopic (exact) mass is 557 g/mol. The Morgan fingerprint density at radius 3 is 2.61 bits per heavy atom. The zero-order chi connectivity index (χ0) is 27.2. The van der Waals surface area contributed by atoms with Gasteiger partial charge in [0, 0.05) is 34.8 Å². The van der Waals surface area contributed by atoms with E-state index in [0.29, 0.717) is 36.5 Å². The van der Waals surface area contributed by atoms with Crippen molar-refractivity contribution in [2.45, 2.75) is 75.5 Å². The summed E-state index contributed by atoms with van der Waals surface area (Å²) in [5.41, 5.74) is 1.96. The maximum atomic E-state index is 13.4. The lowest BCUT2D eigenvalue weighted by atomic mass is 9.88. The third-order valence-electron chi connectivity index (χ3n) is 7.15. The standard InChI is InChI=1S/C28H35N3O5S2/c1-4-22(37-20-12-8-11-19(15-20)29-25(33)18-9-6-5-7-10-18)26(34)30-27-24(28(35)36-3)21-13-14-31(17(2)32)16-23(21)38-27/h8,11-12,15,18,22H,4-7,9-10,13-14,16H2,1-3H3,(H,29,33)(H,30,34). The van der Waals surface area contributed by atoms with Crippen LogP contribution in [0.1, 0.15) is 73.2 Å². The van der Waals surface area contributed by atoms with Gasteiger partial charge in [0.25, 0.3) is 0 Å². The van der Waals surface area contributed by atoms with Crippen molar-refractivity contribution < 1.29 is 23.9 Å². The van der Waals surface area contributed by atoms with E-state index >= 15 is 0 Å². The van der Waals surface area contributed by atoms with Crippen LogP contribution >= 0.6 is 23.1 Å². The molecule has 2 aromatic rings. The van der Waals surface area contributed by atoms with Gasteiger partial charge in [-0.05, 0) is 49.4 Å². The minimum Gasteiger partial charge on any atom is -0.465 e. The second-order valence-corrected chi connectivity index (χ2v) is 12.1. The highest BCUT2D eigenvalue weighted by Crippen LogP contribution is 2.38. The molecule has 2 aliphatic rings. The van der Waals surface area contributed by atoms with Gasteiger partial charge in [-0.2, -0.15) is 0 Å². The molecule has 1 aliphatic heterocycles. The van der Waals surface area contributed by atoms with Crippen LogP contribution in [-0.4, -0.2) is 47.5 Å². The Morgan fingerprint density at radius 2 is 1.92 bits per heavy atom. The molecule has 1 aromatic carbocycles. The fourth-order valence-corrected chi connectivity index (χ4v) is 7.28. The summed E-state index contributed by atoms with van der Waals surface area (Å²) in [5, 5.41) is 6.08. The fraction of sp³-hybridized carbons (Fsp3) is 0.500. The molecule has 204 valence electrons. The summed E-state index contributed by atoms with van der Waals surface area (Å²) in [4.78, 5) is 54.1. The van der Waals surface area contributed by atoms with Gasteiger partial charge in [-0.15, -0.1) is 23.1 Å². The number of rotatable bonds is 8. The number of fused-ring (bicyclic) bond motifs is 1. The topological polar surface area (TPSA) is 105 Å². The predicted molar refractivity (Wildman–Crippen MR) is 151 cm³/mol. The molecule has 1 aliphatic carbocycles. The lowest BCUT2D eigenvalue weighted by Gasteiger charge is -2.25. The lowest BCUT2D eigenvalue weighted by Crippen LogP contribution is -2.34. The molecule has 2 heterocycles. The fourth-order valence-electron chi connectivity index (χ4n) is 5.01. The Hall–Kier alpha value is -2.85. The molecule has 2 N–H and O–H groups in total. The summed E-state index contributed by atoms with van der Waals surface area (Å²) < 4.78 is 5.02. The molecule has 0 spiro atoms. The van der Waals surface area contributed by atoms with E-state index in [0.717, 1.165) is 46.7 Å². The Morgan fingerprint density at radius 1 is 1.16 bits per heavy atom. The van der Waals surface area contributed by atoms with Gasteiger partial charge < -0.3 is 20.3 Å². The molecule has 0 radical (unpaired) electrons. The number of thiophene rings is 1. The minimum absolute atomic E-state index is 0.0196. The maximum absolute atomic E-state index is 13.4. The second kappa shape index (κ2) is 12.8. The van der Waals surface area contributed by atoms with E-state index in [2.05, 4.69) is 10.6 Å². The van der Waals surface area contributed by atoms with Crippen molar-refractivity contribution in [2.75, 3.05) is 24.3 Å². The van der Waals surface area contributed by atoms with Gasteiger partial charge in [-0.1, -0.05) is 32.3 Å². The van der Waals surface area contributed by atoms with Crippen molar-refractivity contribution in [2.24, 2.45) is 5.92 Å². The number of amides is 3. The molecule has 0 bridgehead atoms. The summed E-state index contributed by atoms with van der Waals surface area (Å²) in [6.45, 7) is 4.41. The van der Waals surface area contributed by atoms with E-state index in [1.807, 2.05) is 31.2 Å². The first-order valence-electron chi connectivity index (χ1n) is 13.2. The first-order chi connectivity index (χ1) is 18.3. The van der Waals surface area contributed by atoms with Crippen LogP contribution in [0.5, 0.6) is 0 Å². The van der Waals surface area contributed by atoms with E-state index < -0.39 is 11.2 Å². The van der Waals surface area contributed by atoms with Gasteiger partial charge in [-0.25, -0.2) is 4.79 Å². The number of hydrogen-bond donors (Lipinski definition) is 2. The van der Waals surface area contributed by atoms with Gasteiger partial charge in [0.1, 0.15) is 5.00 Å². The molecule has 1 unspecified atom stereocenters. The van der Waals surface area contributed by atoms with Crippen molar-refractivity contribution in [3.05, 3.63) is 40.3 Å². The summed E-state index contributed by atoms with van der Waals surface area (Å²) in [5.74, 6) is -0.583. The molecule has 1 atom stereocenters. The van der Waals surface area contributed by atoms with Crippen LogP contribution in [0.25, 0.3) is 0 Å². The molecule has 4 rings (SSSR count). The van der Waals surface area contributed by atoms with Crippen molar-refractivity contribution in [1.29, 1.82) is 0 Å². The predicted octanol–water partition coefficient (Wildman–Crippen LogP) is 5.47. The van der Waals surface area contributed by atoms with Crippen molar-refractivity contribution >= 4 is 57.5 Å². The molecule has 1 fully saturated rings. The first-order valence-corrected chi connectivity index (χ1v) is 14.9. The molecule has 1 saturated carbocycles. The van der Waals surface area contributed by atoms with E-state index in [1.165, 1.54) is 43.6 Å². The lowest BCUT2D eigenvalue weighted by molar-refractivity contribution is -0.129. The third-order valence-corrected chi connectivity index (χ3v) is 9.64. The number of carbonyl (C=O) groups is 4. The second-order valence-electron chi connectivity index (χ2n) is 9.75. The summed E-state index contributed by atoms with van der Waals surface area (Å²) in [6.07, 6.45) is 6.38. The van der Waals surface area contributed by atoms with Crippen LogP contribution in [0.15, 0.2) is 29.2 Å². The summed E-state index contributed by atoms with van der Waals surface area (Å²) in [6, 6.07) is 7.58. The molecule has 38 heavy (non-hydrogen) atoms. The maximum Gasteiger partial charge on any atom is 0.341 e. The number of nitrogens with one attached hydrogen (secondary N) is 2. The molecular formula is C28H35N3O5S2. The van der Waals surface area contributed by atoms with Gasteiger partial charge in [0.15, 0.2) is 0 Å². The summed E-state index contributed by atoms with van der Waals surface area (Å²) in [7, 11) is 1.33. The highest BCUT2D eigenvalue weighted by Gasteiger charge is 2.31. The minimum atomic E-state index is -0.490. The number of methoxy groups -OCH3 is 1. The number of hydrogen-bond acceptors (Lipinski definition) is 7. The number of nitrogens with zero attached hydrogens (tertiary/aromatic N) is 1. The molecule has 1 aromatic heterocycles. The molecule has 10 heteroatoms. The van der Waals surface area contributed by atoms with Crippen LogP contribution in [-0.2, 0) is 32.1 Å². The number of benzene rings is 1. The van der Waals surface area contributed by atoms with Crippen LogP contribution in [0.2, 0.25) is 0 Å². The van der Waals surface area contributed by atoms with Crippen molar-refractivity contribution in [1.82, 2.24) is 4.90 Å². The van der Waals surface area contributed by atoms with Crippen LogP contribution < -0.4 is 10.6 Å². The Balaban J connectivity index is 1.46. The van der Waals surface area contributed by atoms with Crippen LogP contribution in [0.3, 0.4) is 0 Å². The van der Waals surface area contributed by atoms with Gasteiger partial charge >= 0.3 is 5.97 Å². The van der Waals surface area contributed by atoms with Crippen molar-refractivity contribution in [3.8, 4) is 0 Å².